The van der Waals surface area contributed by atoms with Gasteiger partial charge in [0.15, 0.2) is 6.10 Å². The molecular formula is C28H39N3O7. The van der Waals surface area contributed by atoms with Gasteiger partial charge in [0, 0.05) is 41.2 Å². The van der Waals surface area contributed by atoms with Gasteiger partial charge in [-0.05, 0) is 26.3 Å². The van der Waals surface area contributed by atoms with Crippen LogP contribution in [0.25, 0.3) is 10.9 Å². The average molecular weight is 530 g/mol. The molecule has 10 heteroatoms. The fraction of sp³-hybridized carbons (Fsp3) is 0.571. The van der Waals surface area contributed by atoms with E-state index >= 15 is 0 Å². The van der Waals surface area contributed by atoms with Crippen molar-refractivity contribution in [1.29, 1.82) is 0 Å². The molecule has 2 heterocycles. The molecule has 38 heavy (non-hydrogen) atoms. The van der Waals surface area contributed by atoms with Crippen LogP contribution in [0.4, 0.5) is 0 Å². The molecule has 208 valence electrons. The molecule has 10 nitrogen and oxygen atoms in total. The molecule has 0 spiro atoms. The lowest BCUT2D eigenvalue weighted by molar-refractivity contribution is -0.253. The largest absolute Gasteiger partial charge is 0.451 e. The number of unbranched alkanes of at least 4 members (excludes halogenated alkanes) is 4. The molecule has 1 aliphatic carbocycles. The number of nitrogens with zero attached hydrogens (tertiary/aromatic N) is 1. The number of para-hydroxylation sites is 1. The number of carbonyl (C=O) groups excluding carboxylic acids is 1. The Kier molecular flexibility index (Phi) is 9.56. The summed E-state index contributed by atoms with van der Waals surface area (Å²) in [5.74, 6) is -0.877. The van der Waals surface area contributed by atoms with Crippen molar-refractivity contribution in [2.24, 2.45) is 0 Å². The summed E-state index contributed by atoms with van der Waals surface area (Å²) in [4.78, 5) is 22.8. The van der Waals surface area contributed by atoms with E-state index < -0.39 is 48.7 Å². The molecule has 0 saturated heterocycles. The van der Waals surface area contributed by atoms with Crippen LogP contribution < -0.4 is 0 Å². The van der Waals surface area contributed by atoms with Gasteiger partial charge in [-0.2, -0.15) is 0 Å². The first-order valence-corrected chi connectivity index (χ1v) is 13.4. The van der Waals surface area contributed by atoms with Crippen molar-refractivity contribution in [3.8, 4) is 0 Å². The fourth-order valence-corrected chi connectivity index (χ4v) is 5.02. The summed E-state index contributed by atoms with van der Waals surface area (Å²) in [5, 5.41) is 34.2. The molecule has 2 aromatic heterocycles. The Morgan fingerprint density at radius 1 is 1.03 bits per heavy atom. The Hall–Kier alpha value is -2.76. The minimum absolute atomic E-state index is 0.0486. The topological polar surface area (TPSA) is 150 Å². The van der Waals surface area contributed by atoms with E-state index in [1.54, 1.807) is 6.92 Å². The summed E-state index contributed by atoms with van der Waals surface area (Å²) in [6, 6.07) is 7.74. The summed E-state index contributed by atoms with van der Waals surface area (Å²) >= 11 is 0. The predicted octanol–water partition coefficient (Wildman–Crippen LogP) is 3.32. The summed E-state index contributed by atoms with van der Waals surface area (Å²) in [6.45, 7) is 6.01. The van der Waals surface area contributed by atoms with E-state index in [0.717, 1.165) is 48.6 Å². The maximum Gasteiger partial charge on any atom is 0.374 e. The molecule has 1 aromatic carbocycles. The number of H-pyrrole nitrogens is 2. The van der Waals surface area contributed by atoms with Crippen molar-refractivity contribution >= 4 is 16.9 Å². The van der Waals surface area contributed by atoms with E-state index in [0.29, 0.717) is 12.3 Å². The van der Waals surface area contributed by atoms with Gasteiger partial charge in [0.25, 0.3) is 0 Å². The van der Waals surface area contributed by atoms with Crippen LogP contribution in [0, 0.1) is 6.92 Å². The number of hydrogen-bond donors (Lipinski definition) is 5. The van der Waals surface area contributed by atoms with Crippen molar-refractivity contribution in [3.63, 3.8) is 0 Å². The number of rotatable bonds is 12. The van der Waals surface area contributed by atoms with Gasteiger partial charge in [0.1, 0.15) is 30.5 Å². The number of imidazole rings is 1. The zero-order valence-corrected chi connectivity index (χ0v) is 22.2. The number of aryl methyl sites for hydroxylation is 1. The minimum atomic E-state index is -1.55. The van der Waals surface area contributed by atoms with Gasteiger partial charge in [0.05, 0.1) is 6.10 Å². The van der Waals surface area contributed by atoms with E-state index in [4.69, 9.17) is 14.2 Å². The summed E-state index contributed by atoms with van der Waals surface area (Å²) < 4.78 is 17.7. The third kappa shape index (κ3) is 6.27. The Morgan fingerprint density at radius 3 is 2.50 bits per heavy atom. The van der Waals surface area contributed by atoms with Gasteiger partial charge in [0.2, 0.25) is 5.82 Å². The minimum Gasteiger partial charge on any atom is -0.451 e. The van der Waals surface area contributed by atoms with Crippen LogP contribution in [0.15, 0.2) is 36.7 Å². The molecule has 1 aliphatic rings. The van der Waals surface area contributed by atoms with Crippen molar-refractivity contribution in [2.45, 2.75) is 95.6 Å². The van der Waals surface area contributed by atoms with Gasteiger partial charge in [-0.3, -0.25) is 0 Å². The highest BCUT2D eigenvalue weighted by Crippen LogP contribution is 2.34. The second-order valence-corrected chi connectivity index (χ2v) is 10.0. The van der Waals surface area contributed by atoms with Gasteiger partial charge in [-0.15, -0.1) is 0 Å². The third-order valence-electron chi connectivity index (χ3n) is 7.14. The highest BCUT2D eigenvalue weighted by molar-refractivity contribution is 5.85. The number of aromatic nitrogens is 3. The Balaban J connectivity index is 1.54. The van der Waals surface area contributed by atoms with Crippen LogP contribution in [-0.2, 0) is 14.2 Å². The van der Waals surface area contributed by atoms with Crippen LogP contribution in [0.2, 0.25) is 0 Å². The molecule has 3 aromatic rings. The van der Waals surface area contributed by atoms with Gasteiger partial charge >= 0.3 is 5.97 Å². The van der Waals surface area contributed by atoms with Crippen LogP contribution in [0.3, 0.4) is 0 Å². The number of benzene rings is 1. The predicted molar refractivity (Wildman–Crippen MR) is 141 cm³/mol. The normalized spacial score (nSPS) is 26.5. The Bertz CT molecular complexity index is 1180. The summed E-state index contributed by atoms with van der Waals surface area (Å²) in [5.41, 5.74) is 2.43. The number of ether oxygens (including phenoxy) is 3. The summed E-state index contributed by atoms with van der Waals surface area (Å²) in [7, 11) is 0. The lowest BCUT2D eigenvalue weighted by Gasteiger charge is -2.45. The molecule has 1 saturated carbocycles. The number of nitrogens with one attached hydrogen (secondary N) is 2. The molecule has 0 bridgehead atoms. The second kappa shape index (κ2) is 12.9. The lowest BCUT2D eigenvalue weighted by Crippen LogP contribution is -2.66. The maximum absolute atomic E-state index is 12.8. The number of fused-ring (bicyclic) bond motifs is 1. The standard InChI is InChI=1S/C28H39N3O7/c1-4-5-6-7-10-13-36-24-21(32)22(33)25(38-28(35)27-30-14-16(2)31-27)26(23(24)34)37-17(3)19-15-29-20-12-9-8-11-18(19)20/h8-9,11-12,14-15,17,21-26,29,32-34H,4-7,10,13H2,1-3H3,(H,30,31). The number of esters is 1. The van der Waals surface area contributed by atoms with Gasteiger partial charge in [-0.25, -0.2) is 9.78 Å². The van der Waals surface area contributed by atoms with E-state index in [-0.39, 0.29) is 5.82 Å². The van der Waals surface area contributed by atoms with Gasteiger partial charge in [-0.1, -0.05) is 50.8 Å². The molecule has 0 radical (unpaired) electrons. The zero-order valence-electron chi connectivity index (χ0n) is 22.2. The SMILES string of the molecule is CCCCCCCOC1C(O)C(O)C(OC(=O)c2ncc(C)[nH]2)C(OC(C)c2c[nH]c3ccccc23)C1O. The smallest absolute Gasteiger partial charge is 0.374 e. The Morgan fingerprint density at radius 2 is 1.76 bits per heavy atom. The van der Waals surface area contributed by atoms with Gasteiger partial charge < -0.3 is 39.5 Å². The van der Waals surface area contributed by atoms with Crippen LogP contribution in [0.5, 0.6) is 0 Å². The molecule has 0 aliphatic heterocycles. The van der Waals surface area contributed by atoms with Crippen molar-refractivity contribution in [1.82, 2.24) is 15.0 Å². The maximum atomic E-state index is 12.8. The zero-order chi connectivity index (χ0) is 27.2. The van der Waals surface area contributed by atoms with E-state index in [1.807, 2.05) is 37.4 Å². The Labute approximate surface area is 222 Å². The third-order valence-corrected chi connectivity index (χ3v) is 7.14. The molecule has 1 fully saturated rings. The second-order valence-electron chi connectivity index (χ2n) is 10.0. The molecule has 0 amide bonds. The highest BCUT2D eigenvalue weighted by Gasteiger charge is 2.53. The molecular weight excluding hydrogens is 490 g/mol. The van der Waals surface area contributed by atoms with Crippen LogP contribution in [-0.4, -0.2) is 79.5 Å². The number of aromatic amines is 2. The van der Waals surface area contributed by atoms with Crippen molar-refractivity contribution in [2.75, 3.05) is 6.61 Å². The number of aliphatic hydroxyl groups excluding tert-OH is 3. The fourth-order valence-electron chi connectivity index (χ4n) is 5.02. The number of hydrogen-bond acceptors (Lipinski definition) is 8. The molecule has 4 rings (SSSR count). The van der Waals surface area contributed by atoms with E-state index in [9.17, 15) is 20.1 Å². The monoisotopic (exact) mass is 529 g/mol. The number of aliphatic hydroxyl groups is 3. The highest BCUT2D eigenvalue weighted by atomic mass is 16.6. The van der Waals surface area contributed by atoms with E-state index in [2.05, 4.69) is 21.9 Å². The number of carbonyl (C=O) groups is 1. The quantitative estimate of drug-likeness (QED) is 0.177. The molecule has 7 atom stereocenters. The first-order valence-electron chi connectivity index (χ1n) is 13.4. The first-order chi connectivity index (χ1) is 18.3. The van der Waals surface area contributed by atoms with Crippen LogP contribution >= 0.6 is 0 Å². The first kappa shape index (κ1) is 28.3. The van der Waals surface area contributed by atoms with Crippen molar-refractivity contribution < 1.29 is 34.3 Å². The van der Waals surface area contributed by atoms with Crippen LogP contribution in [0.1, 0.15) is 73.9 Å². The molecule has 5 N–H and O–H groups in total. The molecule has 7 unspecified atom stereocenters. The van der Waals surface area contributed by atoms with E-state index in [1.165, 1.54) is 6.20 Å². The average Bonchev–Trinajstić information content (AvgIpc) is 3.55. The lowest BCUT2D eigenvalue weighted by atomic mass is 9.84. The van der Waals surface area contributed by atoms with Crippen molar-refractivity contribution in [3.05, 3.63) is 53.7 Å². The summed E-state index contributed by atoms with van der Waals surface area (Å²) in [6.07, 6.45) is -0.232.